The lowest BCUT2D eigenvalue weighted by atomic mass is 9.93. The SMILES string of the molecule is Cc1cc(Br)cc(C2NCCc3c2[nH]c2c(C)cc(C)cc32)c1. The quantitative estimate of drug-likeness (QED) is 0.614. The second-order valence-electron chi connectivity index (χ2n) is 6.72. The molecule has 23 heavy (non-hydrogen) atoms. The van der Waals surface area contributed by atoms with Gasteiger partial charge in [0.1, 0.15) is 0 Å². The largest absolute Gasteiger partial charge is 0.356 e. The first-order valence-corrected chi connectivity index (χ1v) is 8.94. The molecule has 0 saturated carbocycles. The van der Waals surface area contributed by atoms with E-state index in [1.54, 1.807) is 0 Å². The first kappa shape index (κ1) is 15.0. The van der Waals surface area contributed by atoms with Gasteiger partial charge in [-0.25, -0.2) is 0 Å². The normalized spacial score (nSPS) is 17.5. The fourth-order valence-corrected chi connectivity index (χ4v) is 4.53. The highest BCUT2D eigenvalue weighted by atomic mass is 79.9. The molecule has 1 aliphatic rings. The van der Waals surface area contributed by atoms with Crippen LogP contribution in [0.3, 0.4) is 0 Å². The Bertz CT molecular complexity index is 887. The molecule has 0 amide bonds. The van der Waals surface area contributed by atoms with Gasteiger partial charge >= 0.3 is 0 Å². The zero-order chi connectivity index (χ0) is 16.1. The van der Waals surface area contributed by atoms with Crippen LogP contribution in [0.5, 0.6) is 0 Å². The van der Waals surface area contributed by atoms with Crippen molar-refractivity contribution in [2.24, 2.45) is 0 Å². The van der Waals surface area contributed by atoms with Crippen molar-refractivity contribution >= 4 is 26.8 Å². The van der Waals surface area contributed by atoms with Crippen molar-refractivity contribution in [3.63, 3.8) is 0 Å². The van der Waals surface area contributed by atoms with E-state index in [2.05, 4.69) is 77.3 Å². The molecule has 2 aromatic carbocycles. The standard InChI is InChI=1S/C20H21BrN2/c1-11-6-13(3)18-17(9-11)16-4-5-22-19(20(16)23-18)14-7-12(2)8-15(21)10-14/h6-10,19,22-23H,4-5H2,1-3H3. The summed E-state index contributed by atoms with van der Waals surface area (Å²) < 4.78 is 1.14. The molecule has 0 saturated heterocycles. The van der Waals surface area contributed by atoms with Crippen LogP contribution in [-0.2, 0) is 6.42 Å². The Hall–Kier alpha value is -1.58. The highest BCUT2D eigenvalue weighted by Gasteiger charge is 2.26. The van der Waals surface area contributed by atoms with Gasteiger partial charge in [0.25, 0.3) is 0 Å². The number of aromatic amines is 1. The summed E-state index contributed by atoms with van der Waals surface area (Å²) >= 11 is 3.64. The minimum Gasteiger partial charge on any atom is -0.356 e. The molecule has 1 aliphatic heterocycles. The predicted molar refractivity (Wildman–Crippen MR) is 100 cm³/mol. The van der Waals surface area contributed by atoms with Gasteiger partial charge in [-0.1, -0.05) is 33.6 Å². The van der Waals surface area contributed by atoms with Gasteiger partial charge in [-0.05, 0) is 67.6 Å². The number of benzene rings is 2. The number of aromatic nitrogens is 1. The van der Waals surface area contributed by atoms with Gasteiger partial charge in [0.2, 0.25) is 0 Å². The minimum atomic E-state index is 0.238. The molecule has 1 aromatic heterocycles. The first-order chi connectivity index (χ1) is 11.0. The van der Waals surface area contributed by atoms with Crippen LogP contribution in [0.2, 0.25) is 0 Å². The van der Waals surface area contributed by atoms with Crippen LogP contribution in [0.25, 0.3) is 10.9 Å². The molecule has 1 unspecified atom stereocenters. The molecule has 0 fully saturated rings. The number of rotatable bonds is 1. The van der Waals surface area contributed by atoms with Crippen LogP contribution < -0.4 is 5.32 Å². The van der Waals surface area contributed by atoms with E-state index >= 15 is 0 Å². The lowest BCUT2D eigenvalue weighted by molar-refractivity contribution is 0.560. The molecular weight excluding hydrogens is 348 g/mol. The smallest absolute Gasteiger partial charge is 0.0732 e. The van der Waals surface area contributed by atoms with E-state index in [1.165, 1.54) is 44.4 Å². The second kappa shape index (κ2) is 5.50. The number of hydrogen-bond acceptors (Lipinski definition) is 1. The van der Waals surface area contributed by atoms with E-state index in [-0.39, 0.29) is 6.04 Å². The van der Waals surface area contributed by atoms with E-state index < -0.39 is 0 Å². The van der Waals surface area contributed by atoms with Gasteiger partial charge in [0.15, 0.2) is 0 Å². The summed E-state index contributed by atoms with van der Waals surface area (Å²) in [7, 11) is 0. The lowest BCUT2D eigenvalue weighted by Gasteiger charge is -2.25. The summed E-state index contributed by atoms with van der Waals surface area (Å²) in [5.74, 6) is 0. The Morgan fingerprint density at radius 2 is 1.78 bits per heavy atom. The van der Waals surface area contributed by atoms with Crippen molar-refractivity contribution in [3.05, 3.63) is 68.3 Å². The van der Waals surface area contributed by atoms with Crippen LogP contribution in [0.1, 0.15) is 39.6 Å². The average Bonchev–Trinajstić information content (AvgIpc) is 2.85. The summed E-state index contributed by atoms with van der Waals surface area (Å²) in [5.41, 5.74) is 9.38. The van der Waals surface area contributed by atoms with Crippen molar-refractivity contribution in [2.45, 2.75) is 33.2 Å². The highest BCUT2D eigenvalue weighted by molar-refractivity contribution is 9.10. The van der Waals surface area contributed by atoms with Gasteiger partial charge in [-0.2, -0.15) is 0 Å². The van der Waals surface area contributed by atoms with Gasteiger partial charge in [0, 0.05) is 27.6 Å². The molecule has 118 valence electrons. The molecule has 0 bridgehead atoms. The number of halogens is 1. The van der Waals surface area contributed by atoms with E-state index in [9.17, 15) is 0 Å². The molecule has 0 radical (unpaired) electrons. The van der Waals surface area contributed by atoms with Crippen LogP contribution in [0.15, 0.2) is 34.8 Å². The molecule has 3 aromatic rings. The van der Waals surface area contributed by atoms with E-state index in [4.69, 9.17) is 0 Å². The van der Waals surface area contributed by atoms with Crippen molar-refractivity contribution < 1.29 is 0 Å². The maximum absolute atomic E-state index is 3.72. The summed E-state index contributed by atoms with van der Waals surface area (Å²) in [5, 5.41) is 5.09. The highest BCUT2D eigenvalue weighted by Crippen LogP contribution is 2.36. The summed E-state index contributed by atoms with van der Waals surface area (Å²) in [6, 6.07) is 11.5. The number of fused-ring (bicyclic) bond motifs is 3. The van der Waals surface area contributed by atoms with Gasteiger partial charge in [-0.3, -0.25) is 0 Å². The molecule has 0 spiro atoms. The molecule has 4 rings (SSSR count). The van der Waals surface area contributed by atoms with Gasteiger partial charge in [0.05, 0.1) is 6.04 Å². The third-order valence-corrected chi connectivity index (χ3v) is 5.26. The fraction of sp³-hybridized carbons (Fsp3) is 0.300. The molecule has 2 N–H and O–H groups in total. The maximum atomic E-state index is 3.72. The van der Waals surface area contributed by atoms with Crippen molar-refractivity contribution in [2.75, 3.05) is 6.54 Å². The van der Waals surface area contributed by atoms with E-state index in [0.29, 0.717) is 0 Å². The topological polar surface area (TPSA) is 27.8 Å². The molecule has 0 aliphatic carbocycles. The van der Waals surface area contributed by atoms with E-state index in [1.807, 2.05) is 0 Å². The lowest BCUT2D eigenvalue weighted by Crippen LogP contribution is -2.30. The first-order valence-electron chi connectivity index (χ1n) is 8.15. The van der Waals surface area contributed by atoms with Gasteiger partial charge < -0.3 is 10.3 Å². The van der Waals surface area contributed by atoms with E-state index in [0.717, 1.165) is 17.4 Å². The molecular formula is C20H21BrN2. The zero-order valence-electron chi connectivity index (χ0n) is 13.8. The average molecular weight is 369 g/mol. The Balaban J connectivity index is 1.93. The maximum Gasteiger partial charge on any atom is 0.0732 e. The van der Waals surface area contributed by atoms with Crippen molar-refractivity contribution in [1.29, 1.82) is 0 Å². The summed E-state index contributed by atoms with van der Waals surface area (Å²) in [6.45, 7) is 7.55. The molecule has 3 heteroatoms. The number of nitrogens with one attached hydrogen (secondary N) is 2. The number of aryl methyl sites for hydroxylation is 3. The Morgan fingerprint density at radius 1 is 1.00 bits per heavy atom. The Labute approximate surface area is 145 Å². The fourth-order valence-electron chi connectivity index (χ4n) is 3.90. The number of hydrogen-bond donors (Lipinski definition) is 2. The Kier molecular flexibility index (Phi) is 3.58. The third kappa shape index (κ3) is 2.52. The van der Waals surface area contributed by atoms with Crippen LogP contribution >= 0.6 is 15.9 Å². The van der Waals surface area contributed by atoms with Crippen molar-refractivity contribution in [3.8, 4) is 0 Å². The van der Waals surface area contributed by atoms with Gasteiger partial charge in [-0.15, -0.1) is 0 Å². The monoisotopic (exact) mass is 368 g/mol. The Morgan fingerprint density at radius 3 is 2.57 bits per heavy atom. The summed E-state index contributed by atoms with van der Waals surface area (Å²) in [6.07, 6.45) is 1.09. The number of H-pyrrole nitrogens is 1. The predicted octanol–water partition coefficient (Wildman–Crippen LogP) is 5.09. The minimum absolute atomic E-state index is 0.238. The third-order valence-electron chi connectivity index (χ3n) is 4.80. The second-order valence-corrected chi connectivity index (χ2v) is 7.64. The van der Waals surface area contributed by atoms with Crippen molar-refractivity contribution in [1.82, 2.24) is 10.3 Å². The molecule has 2 heterocycles. The molecule has 2 nitrogen and oxygen atoms in total. The van der Waals surface area contributed by atoms with Crippen LogP contribution in [0.4, 0.5) is 0 Å². The zero-order valence-corrected chi connectivity index (χ0v) is 15.3. The molecule has 1 atom stereocenters. The van der Waals surface area contributed by atoms with Crippen LogP contribution in [-0.4, -0.2) is 11.5 Å². The summed E-state index contributed by atoms with van der Waals surface area (Å²) in [4.78, 5) is 3.72. The van der Waals surface area contributed by atoms with Crippen LogP contribution in [0, 0.1) is 20.8 Å².